The highest BCUT2D eigenvalue weighted by molar-refractivity contribution is 5.79. The third-order valence-electron chi connectivity index (χ3n) is 4.59. The van der Waals surface area contributed by atoms with Gasteiger partial charge < -0.3 is 15.4 Å². The molecule has 1 aromatic rings. The van der Waals surface area contributed by atoms with E-state index < -0.39 is 0 Å². The summed E-state index contributed by atoms with van der Waals surface area (Å²) in [6, 6.07) is 10.7. The summed E-state index contributed by atoms with van der Waals surface area (Å²) in [6.07, 6.45) is 4.79. The zero-order valence-corrected chi connectivity index (χ0v) is 16.5. The van der Waals surface area contributed by atoms with Gasteiger partial charge in [0.05, 0.1) is 6.10 Å². The van der Waals surface area contributed by atoms with Crippen LogP contribution < -0.4 is 10.6 Å². The first kappa shape index (κ1) is 20.7. The number of piperidine rings is 1. The van der Waals surface area contributed by atoms with Crippen molar-refractivity contribution in [2.45, 2.75) is 52.2 Å². The van der Waals surface area contributed by atoms with Crippen LogP contribution in [0.3, 0.4) is 0 Å². The van der Waals surface area contributed by atoms with Crippen molar-refractivity contribution < 1.29 is 4.74 Å². The fourth-order valence-corrected chi connectivity index (χ4v) is 3.17. The summed E-state index contributed by atoms with van der Waals surface area (Å²) >= 11 is 0. The highest BCUT2D eigenvalue weighted by Gasteiger charge is 2.19. The quantitative estimate of drug-likeness (QED) is 0.383. The summed E-state index contributed by atoms with van der Waals surface area (Å²) in [7, 11) is 0. The topological polar surface area (TPSA) is 48.9 Å². The van der Waals surface area contributed by atoms with Gasteiger partial charge in [0.2, 0.25) is 0 Å². The Hall–Kier alpha value is -1.59. The van der Waals surface area contributed by atoms with Crippen LogP contribution in [0.1, 0.15) is 45.1 Å². The maximum Gasteiger partial charge on any atom is 0.191 e. The molecule has 2 rings (SSSR count). The Morgan fingerprint density at radius 1 is 1.15 bits per heavy atom. The predicted molar refractivity (Wildman–Crippen MR) is 110 cm³/mol. The minimum atomic E-state index is 0.420. The van der Waals surface area contributed by atoms with Crippen LogP contribution in [0.4, 0.5) is 0 Å². The number of nitrogens with zero attached hydrogens (tertiary/aromatic N) is 2. The average Bonchev–Trinajstić information content (AvgIpc) is 2.68. The molecule has 0 atom stereocenters. The van der Waals surface area contributed by atoms with Crippen LogP contribution in [0, 0.1) is 0 Å². The molecule has 0 unspecified atom stereocenters. The number of nitrogens with one attached hydrogen (secondary N) is 2. The number of aliphatic imine (C=N–C) groups is 1. The average molecular weight is 361 g/mol. The molecule has 146 valence electrons. The van der Waals surface area contributed by atoms with E-state index in [0.29, 0.717) is 6.10 Å². The molecule has 1 aliphatic rings. The van der Waals surface area contributed by atoms with Crippen LogP contribution in [0.5, 0.6) is 0 Å². The molecule has 1 heterocycles. The van der Waals surface area contributed by atoms with Gasteiger partial charge in [-0.1, -0.05) is 37.3 Å². The number of hydrogen-bond donors (Lipinski definition) is 2. The molecule has 0 aliphatic carbocycles. The molecule has 1 aliphatic heterocycles. The molecule has 0 bridgehead atoms. The second-order valence-corrected chi connectivity index (χ2v) is 6.87. The Balaban J connectivity index is 1.54. The lowest BCUT2D eigenvalue weighted by Crippen LogP contribution is -2.39. The van der Waals surface area contributed by atoms with Crippen LogP contribution in [0.15, 0.2) is 35.3 Å². The molecule has 5 heteroatoms. The maximum atomic E-state index is 6.08. The van der Waals surface area contributed by atoms with Crippen LogP contribution in [0.25, 0.3) is 0 Å². The zero-order chi connectivity index (χ0) is 18.5. The monoisotopic (exact) mass is 360 g/mol. The first-order valence-electron chi connectivity index (χ1n) is 10.2. The molecule has 1 aromatic carbocycles. The first-order valence-corrected chi connectivity index (χ1v) is 10.2. The van der Waals surface area contributed by atoms with E-state index in [9.17, 15) is 0 Å². The van der Waals surface area contributed by atoms with E-state index in [-0.39, 0.29) is 0 Å². The van der Waals surface area contributed by atoms with Crippen molar-refractivity contribution in [2.24, 2.45) is 4.99 Å². The molecular weight excluding hydrogens is 324 g/mol. The zero-order valence-electron chi connectivity index (χ0n) is 16.5. The summed E-state index contributed by atoms with van der Waals surface area (Å²) in [5, 5.41) is 6.65. The Kier molecular flexibility index (Phi) is 10.1. The van der Waals surface area contributed by atoms with Gasteiger partial charge in [0, 0.05) is 45.9 Å². The van der Waals surface area contributed by atoms with Gasteiger partial charge in [-0.3, -0.25) is 9.89 Å². The highest BCUT2D eigenvalue weighted by atomic mass is 16.5. The van der Waals surface area contributed by atoms with Crippen molar-refractivity contribution in [3.05, 3.63) is 35.9 Å². The molecule has 0 saturated carbocycles. The summed E-state index contributed by atoms with van der Waals surface area (Å²) < 4.78 is 6.08. The molecule has 0 aromatic heterocycles. The normalized spacial score (nSPS) is 16.6. The molecular formula is C21H36N4O. The largest absolute Gasteiger partial charge is 0.378 e. The molecule has 0 spiro atoms. The summed E-state index contributed by atoms with van der Waals surface area (Å²) in [6.45, 7) is 11.1. The molecule has 0 radical (unpaired) electrons. The fraction of sp³-hybridized carbons (Fsp3) is 0.667. The van der Waals surface area contributed by atoms with E-state index >= 15 is 0 Å². The Morgan fingerprint density at radius 2 is 1.92 bits per heavy atom. The second kappa shape index (κ2) is 12.7. The molecule has 1 fully saturated rings. The van der Waals surface area contributed by atoms with Crippen molar-refractivity contribution in [3.63, 3.8) is 0 Å². The first-order chi connectivity index (χ1) is 12.8. The minimum absolute atomic E-state index is 0.420. The SMILES string of the molecule is CCCN=C(NCC)NCCCOC1CCN(Cc2ccccc2)CC1. The van der Waals surface area contributed by atoms with Crippen molar-refractivity contribution in [1.29, 1.82) is 0 Å². The lowest BCUT2D eigenvalue weighted by atomic mass is 10.1. The van der Waals surface area contributed by atoms with E-state index in [2.05, 4.69) is 64.7 Å². The standard InChI is InChI=1S/C21H36N4O/c1-3-13-23-21(22-4-2)24-14-8-17-26-20-11-15-25(16-12-20)18-19-9-6-5-7-10-19/h5-7,9-10,20H,3-4,8,11-18H2,1-2H3,(H2,22,23,24). The summed E-state index contributed by atoms with van der Waals surface area (Å²) in [5.74, 6) is 0.920. The van der Waals surface area contributed by atoms with Crippen molar-refractivity contribution in [2.75, 3.05) is 39.3 Å². The minimum Gasteiger partial charge on any atom is -0.378 e. The van der Waals surface area contributed by atoms with Gasteiger partial charge in [-0.25, -0.2) is 0 Å². The number of guanidine groups is 1. The van der Waals surface area contributed by atoms with E-state index in [1.807, 2.05) is 0 Å². The number of benzene rings is 1. The Labute approximate surface area is 159 Å². The van der Waals surface area contributed by atoms with Crippen molar-refractivity contribution >= 4 is 5.96 Å². The molecule has 0 amide bonds. The Morgan fingerprint density at radius 3 is 2.62 bits per heavy atom. The fourth-order valence-electron chi connectivity index (χ4n) is 3.17. The van der Waals surface area contributed by atoms with Gasteiger partial charge >= 0.3 is 0 Å². The van der Waals surface area contributed by atoms with Crippen LogP contribution >= 0.6 is 0 Å². The maximum absolute atomic E-state index is 6.08. The lowest BCUT2D eigenvalue weighted by molar-refractivity contribution is 0.00534. The Bertz CT molecular complexity index is 498. The number of likely N-dealkylation sites (tertiary alicyclic amines) is 1. The van der Waals surface area contributed by atoms with Crippen molar-refractivity contribution in [3.8, 4) is 0 Å². The van der Waals surface area contributed by atoms with Gasteiger partial charge in [-0.15, -0.1) is 0 Å². The van der Waals surface area contributed by atoms with E-state index in [0.717, 1.165) is 77.5 Å². The van der Waals surface area contributed by atoms with Crippen LogP contribution in [-0.4, -0.2) is 56.3 Å². The van der Waals surface area contributed by atoms with Gasteiger partial charge in [0.1, 0.15) is 0 Å². The van der Waals surface area contributed by atoms with Crippen LogP contribution in [0.2, 0.25) is 0 Å². The summed E-state index contributed by atoms with van der Waals surface area (Å²) in [5.41, 5.74) is 1.40. The lowest BCUT2D eigenvalue weighted by Gasteiger charge is -2.32. The number of hydrogen-bond acceptors (Lipinski definition) is 3. The third-order valence-corrected chi connectivity index (χ3v) is 4.59. The van der Waals surface area contributed by atoms with Gasteiger partial charge in [0.15, 0.2) is 5.96 Å². The van der Waals surface area contributed by atoms with Crippen molar-refractivity contribution in [1.82, 2.24) is 15.5 Å². The predicted octanol–water partition coefficient (Wildman–Crippen LogP) is 3.02. The highest BCUT2D eigenvalue weighted by Crippen LogP contribution is 2.16. The molecule has 5 nitrogen and oxygen atoms in total. The smallest absolute Gasteiger partial charge is 0.191 e. The second-order valence-electron chi connectivity index (χ2n) is 6.87. The molecule has 26 heavy (non-hydrogen) atoms. The number of ether oxygens (including phenoxy) is 1. The van der Waals surface area contributed by atoms with E-state index in [1.54, 1.807) is 0 Å². The van der Waals surface area contributed by atoms with Crippen LogP contribution in [-0.2, 0) is 11.3 Å². The molecule has 2 N–H and O–H groups in total. The number of rotatable bonds is 10. The third kappa shape index (κ3) is 8.19. The van der Waals surface area contributed by atoms with Gasteiger partial charge in [-0.2, -0.15) is 0 Å². The molecule has 1 saturated heterocycles. The van der Waals surface area contributed by atoms with Gasteiger partial charge in [-0.05, 0) is 38.2 Å². The van der Waals surface area contributed by atoms with E-state index in [1.165, 1.54) is 5.56 Å². The van der Waals surface area contributed by atoms with Gasteiger partial charge in [0.25, 0.3) is 0 Å². The van der Waals surface area contributed by atoms with E-state index in [4.69, 9.17) is 4.74 Å². The summed E-state index contributed by atoms with van der Waals surface area (Å²) in [4.78, 5) is 7.04.